The minimum absolute atomic E-state index is 0.248. The summed E-state index contributed by atoms with van der Waals surface area (Å²) in [5.41, 5.74) is 0.293. The van der Waals surface area contributed by atoms with Gasteiger partial charge in [-0.2, -0.15) is 5.10 Å². The van der Waals surface area contributed by atoms with Crippen LogP contribution < -0.4 is 0 Å². The van der Waals surface area contributed by atoms with Crippen LogP contribution in [0.3, 0.4) is 0 Å². The summed E-state index contributed by atoms with van der Waals surface area (Å²) in [6.45, 7) is 2.57. The fourth-order valence-corrected chi connectivity index (χ4v) is 2.77. The van der Waals surface area contributed by atoms with E-state index in [1.54, 1.807) is 11.0 Å². The molecule has 3 rings (SSSR count). The van der Waals surface area contributed by atoms with Gasteiger partial charge in [-0.1, -0.05) is 11.6 Å². The Balaban J connectivity index is 2.32. The fourth-order valence-electron chi connectivity index (χ4n) is 2.52. The van der Waals surface area contributed by atoms with E-state index in [1.165, 1.54) is 17.3 Å². The van der Waals surface area contributed by atoms with Crippen LogP contribution in [0.5, 0.6) is 0 Å². The van der Waals surface area contributed by atoms with Gasteiger partial charge in [0.05, 0.1) is 23.5 Å². The summed E-state index contributed by atoms with van der Waals surface area (Å²) in [4.78, 5) is 5.53. The highest BCUT2D eigenvalue weighted by Crippen LogP contribution is 2.35. The molecule has 0 fully saturated rings. The Bertz CT molecular complexity index is 776. The zero-order chi connectivity index (χ0) is 16.6. The molecule has 0 radical (unpaired) electrons. The molecular weight excluding hydrogens is 329 g/mol. The van der Waals surface area contributed by atoms with Crippen molar-refractivity contribution in [2.45, 2.75) is 6.92 Å². The monoisotopic (exact) mass is 340 g/mol. The number of aromatic nitrogens is 3. The number of benzene rings is 1. The average Bonchev–Trinajstić information content (AvgIpc) is 3.01. The van der Waals surface area contributed by atoms with Gasteiger partial charge in [0.1, 0.15) is 30.1 Å². The molecule has 0 saturated heterocycles. The minimum atomic E-state index is -0.986. The highest BCUT2D eigenvalue weighted by molar-refractivity contribution is 6.31. The molecule has 4 nitrogen and oxygen atoms in total. The maximum atomic E-state index is 14.3. The van der Waals surface area contributed by atoms with Crippen molar-refractivity contribution in [3.63, 3.8) is 0 Å². The maximum absolute atomic E-state index is 14.3. The molecule has 1 aromatic heterocycles. The molecule has 0 atom stereocenters. The molecule has 0 spiro atoms. The van der Waals surface area contributed by atoms with E-state index in [-0.39, 0.29) is 11.3 Å². The van der Waals surface area contributed by atoms with Crippen molar-refractivity contribution in [1.82, 2.24) is 19.7 Å². The largest absolute Gasteiger partial charge is 0.364 e. The van der Waals surface area contributed by atoms with Crippen LogP contribution in [0.25, 0.3) is 11.4 Å². The molecule has 120 valence electrons. The van der Waals surface area contributed by atoms with Gasteiger partial charge in [-0.3, -0.25) is 0 Å². The van der Waals surface area contributed by atoms with Crippen LogP contribution in [-0.2, 0) is 0 Å². The lowest BCUT2D eigenvalue weighted by Gasteiger charge is -2.31. The van der Waals surface area contributed by atoms with E-state index < -0.39 is 17.5 Å². The second kappa shape index (κ2) is 6.08. The smallest absolute Gasteiger partial charge is 0.138 e. The van der Waals surface area contributed by atoms with Crippen LogP contribution in [-0.4, -0.2) is 32.8 Å². The van der Waals surface area contributed by atoms with Crippen molar-refractivity contribution < 1.29 is 13.2 Å². The van der Waals surface area contributed by atoms with E-state index >= 15 is 0 Å². The van der Waals surface area contributed by atoms with Crippen molar-refractivity contribution in [1.29, 1.82) is 0 Å². The van der Waals surface area contributed by atoms with Gasteiger partial charge in [0.2, 0.25) is 0 Å². The third-order valence-corrected chi connectivity index (χ3v) is 3.71. The lowest BCUT2D eigenvalue weighted by molar-refractivity contribution is 0.444. The van der Waals surface area contributed by atoms with Crippen molar-refractivity contribution in [3.8, 4) is 0 Å². The number of halogens is 4. The quantitative estimate of drug-likeness (QED) is 0.858. The van der Waals surface area contributed by atoms with Gasteiger partial charge in [-0.25, -0.2) is 22.8 Å². The normalized spacial score (nSPS) is 15.2. The molecule has 0 unspecified atom stereocenters. The fraction of sp³-hybridized carbons (Fsp3) is 0.200. The topological polar surface area (TPSA) is 34.0 Å². The van der Waals surface area contributed by atoms with Crippen molar-refractivity contribution in [2.24, 2.45) is 0 Å². The summed E-state index contributed by atoms with van der Waals surface area (Å²) in [6, 6.07) is 1.30. The summed E-state index contributed by atoms with van der Waals surface area (Å²) in [6.07, 6.45) is 4.27. The van der Waals surface area contributed by atoms with Gasteiger partial charge in [-0.05, 0) is 13.0 Å². The van der Waals surface area contributed by atoms with E-state index in [1.807, 2.05) is 6.92 Å². The third-order valence-electron chi connectivity index (χ3n) is 3.49. The zero-order valence-electron chi connectivity index (χ0n) is 12.1. The number of nitrogens with zero attached hydrogens (tertiary/aromatic N) is 4. The number of allylic oxidation sites excluding steroid dienone is 2. The van der Waals surface area contributed by atoms with Gasteiger partial charge in [-0.15, -0.1) is 0 Å². The Morgan fingerprint density at radius 3 is 2.48 bits per heavy atom. The van der Waals surface area contributed by atoms with Crippen molar-refractivity contribution in [2.75, 3.05) is 13.1 Å². The molecule has 0 amide bonds. The van der Waals surface area contributed by atoms with Gasteiger partial charge in [0.25, 0.3) is 0 Å². The number of rotatable bonds is 3. The highest BCUT2D eigenvalue weighted by Gasteiger charge is 2.27. The molecule has 0 saturated carbocycles. The molecule has 0 aliphatic carbocycles. The van der Waals surface area contributed by atoms with E-state index in [0.29, 0.717) is 36.0 Å². The zero-order valence-corrected chi connectivity index (χ0v) is 12.9. The molecule has 1 aromatic carbocycles. The van der Waals surface area contributed by atoms with Crippen LogP contribution in [0.1, 0.15) is 12.5 Å². The predicted octanol–water partition coefficient (Wildman–Crippen LogP) is 3.48. The summed E-state index contributed by atoms with van der Waals surface area (Å²) in [7, 11) is 0. The van der Waals surface area contributed by atoms with Crippen LogP contribution in [0.15, 0.2) is 35.9 Å². The number of hydrogen-bond acceptors (Lipinski definition) is 3. The summed E-state index contributed by atoms with van der Waals surface area (Å²) in [5.74, 6) is -2.95. The first kappa shape index (κ1) is 15.6. The first-order valence-electron chi connectivity index (χ1n) is 6.86. The average molecular weight is 341 g/mol. The van der Waals surface area contributed by atoms with Gasteiger partial charge in [0, 0.05) is 23.7 Å². The third kappa shape index (κ3) is 2.84. The van der Waals surface area contributed by atoms with Crippen LogP contribution >= 0.6 is 11.6 Å². The van der Waals surface area contributed by atoms with E-state index in [0.717, 1.165) is 0 Å². The first-order chi connectivity index (χ1) is 11.0. The maximum Gasteiger partial charge on any atom is 0.138 e. The molecule has 8 heteroatoms. The standard InChI is InChI=1S/C15H12ClF3N4/c1-2-22-6-9(16)3-13(23-8-20-7-21-23)15(22)14-11(18)4-10(17)5-12(14)19/h3-5,7-8H,2,6H2,1H3. The summed E-state index contributed by atoms with van der Waals surface area (Å²) in [5, 5.41) is 4.48. The Labute approximate surface area is 135 Å². The molecule has 1 aliphatic rings. The van der Waals surface area contributed by atoms with Crippen LogP contribution in [0, 0.1) is 17.5 Å². The van der Waals surface area contributed by atoms with Crippen molar-refractivity contribution in [3.05, 3.63) is 58.9 Å². The van der Waals surface area contributed by atoms with E-state index in [2.05, 4.69) is 10.1 Å². The van der Waals surface area contributed by atoms with Crippen LogP contribution in [0.4, 0.5) is 13.2 Å². The highest BCUT2D eigenvalue weighted by atomic mass is 35.5. The Hall–Kier alpha value is -2.28. The molecule has 1 aliphatic heterocycles. The number of likely N-dealkylation sites (N-methyl/N-ethyl adjacent to an activating group) is 1. The number of hydrogen-bond donors (Lipinski definition) is 0. The minimum Gasteiger partial charge on any atom is -0.364 e. The molecule has 0 N–H and O–H groups in total. The second-order valence-corrected chi connectivity index (χ2v) is 5.41. The Morgan fingerprint density at radius 1 is 1.22 bits per heavy atom. The van der Waals surface area contributed by atoms with Gasteiger partial charge >= 0.3 is 0 Å². The van der Waals surface area contributed by atoms with E-state index in [4.69, 9.17) is 11.6 Å². The Kier molecular flexibility index (Phi) is 4.12. The predicted molar refractivity (Wildman–Crippen MR) is 80.6 cm³/mol. The summed E-state index contributed by atoms with van der Waals surface area (Å²) < 4.78 is 43.1. The molecule has 2 aromatic rings. The first-order valence-corrected chi connectivity index (χ1v) is 7.24. The second-order valence-electron chi connectivity index (χ2n) is 4.92. The molecular formula is C15H12ClF3N4. The van der Waals surface area contributed by atoms with Crippen LogP contribution in [0.2, 0.25) is 0 Å². The van der Waals surface area contributed by atoms with Gasteiger partial charge in [0.15, 0.2) is 0 Å². The molecule has 0 bridgehead atoms. The lowest BCUT2D eigenvalue weighted by Crippen LogP contribution is -2.29. The van der Waals surface area contributed by atoms with Gasteiger partial charge < -0.3 is 4.90 Å². The lowest BCUT2D eigenvalue weighted by atomic mass is 10.0. The molecule has 23 heavy (non-hydrogen) atoms. The van der Waals surface area contributed by atoms with E-state index in [9.17, 15) is 13.2 Å². The van der Waals surface area contributed by atoms with Crippen molar-refractivity contribution >= 4 is 23.0 Å². The Morgan fingerprint density at radius 2 is 1.91 bits per heavy atom. The summed E-state index contributed by atoms with van der Waals surface area (Å²) >= 11 is 6.14. The molecule has 2 heterocycles. The SMILES string of the molecule is CCN1CC(Cl)=CC(n2cncn2)=C1c1c(F)cc(F)cc1F.